The van der Waals surface area contributed by atoms with Crippen LogP contribution in [0.2, 0.25) is 0 Å². The number of fused-ring (bicyclic) bond motifs is 1. The second-order valence-corrected chi connectivity index (χ2v) is 3.26. The van der Waals surface area contributed by atoms with E-state index in [1.807, 2.05) is 29.2 Å². The second kappa shape index (κ2) is 3.67. The summed E-state index contributed by atoms with van der Waals surface area (Å²) in [6.45, 7) is 0.974. The summed E-state index contributed by atoms with van der Waals surface area (Å²) in [7, 11) is 0. The molecule has 1 aliphatic rings. The molecule has 4 nitrogen and oxygen atoms in total. The number of carbonyl (C=O) groups is 1. The van der Waals surface area contributed by atoms with Crippen molar-refractivity contribution in [3.05, 3.63) is 24.3 Å². The van der Waals surface area contributed by atoms with Gasteiger partial charge in [-0.2, -0.15) is 0 Å². The molecule has 1 atom stereocenters. The van der Waals surface area contributed by atoms with Gasteiger partial charge in [0, 0.05) is 6.54 Å². The van der Waals surface area contributed by atoms with Crippen LogP contribution in [0.4, 0.5) is 5.69 Å². The number of hydrogen-bond acceptors (Lipinski definition) is 4. The highest BCUT2D eigenvalue weighted by Crippen LogP contribution is 2.32. The van der Waals surface area contributed by atoms with Crippen LogP contribution in [0.5, 0.6) is 5.75 Å². The lowest BCUT2D eigenvalue weighted by Crippen LogP contribution is -2.38. The van der Waals surface area contributed by atoms with E-state index in [4.69, 9.17) is 10.5 Å². The lowest BCUT2D eigenvalue weighted by Gasteiger charge is -2.17. The van der Waals surface area contributed by atoms with Gasteiger partial charge in [-0.15, -0.1) is 0 Å². The van der Waals surface area contributed by atoms with Gasteiger partial charge in [-0.05, 0) is 12.1 Å². The monoisotopic (exact) mass is 192 g/mol. The maximum absolute atomic E-state index is 10.4. The van der Waals surface area contributed by atoms with Gasteiger partial charge in [0.2, 0.25) is 0 Å². The fraction of sp³-hybridized carbons (Fsp3) is 0.300. The first-order valence-electron chi connectivity index (χ1n) is 4.49. The van der Waals surface area contributed by atoms with Crippen LogP contribution in [0.3, 0.4) is 0 Å². The van der Waals surface area contributed by atoms with E-state index in [0.29, 0.717) is 13.3 Å². The molecule has 0 aromatic heterocycles. The number of para-hydroxylation sites is 2. The average Bonchev–Trinajstić information content (AvgIpc) is 2.62. The largest absolute Gasteiger partial charge is 0.471 e. The van der Waals surface area contributed by atoms with Gasteiger partial charge in [0.25, 0.3) is 0 Å². The molecule has 14 heavy (non-hydrogen) atoms. The van der Waals surface area contributed by atoms with Crippen LogP contribution >= 0.6 is 0 Å². The molecule has 0 radical (unpaired) electrons. The van der Waals surface area contributed by atoms with Crippen molar-refractivity contribution in [2.45, 2.75) is 6.04 Å². The number of carbonyl (C=O) groups excluding carboxylic acids is 1. The van der Waals surface area contributed by atoms with Crippen LogP contribution in [-0.4, -0.2) is 25.6 Å². The Kier molecular flexibility index (Phi) is 2.37. The van der Waals surface area contributed by atoms with Crippen molar-refractivity contribution in [2.75, 3.05) is 18.2 Å². The Morgan fingerprint density at radius 1 is 1.57 bits per heavy atom. The van der Waals surface area contributed by atoms with Crippen LogP contribution in [0.1, 0.15) is 0 Å². The summed E-state index contributed by atoms with van der Waals surface area (Å²) in [5.41, 5.74) is 6.55. The van der Waals surface area contributed by atoms with E-state index in [-0.39, 0.29) is 0 Å². The maximum Gasteiger partial charge on any atom is 0.161 e. The molecular weight excluding hydrogens is 180 g/mol. The predicted molar refractivity (Wildman–Crippen MR) is 53.3 cm³/mol. The van der Waals surface area contributed by atoms with Gasteiger partial charge in [-0.25, -0.2) is 0 Å². The van der Waals surface area contributed by atoms with Crippen LogP contribution < -0.4 is 15.4 Å². The quantitative estimate of drug-likeness (QED) is 0.703. The van der Waals surface area contributed by atoms with E-state index in [0.717, 1.165) is 17.7 Å². The van der Waals surface area contributed by atoms with Crippen molar-refractivity contribution in [3.8, 4) is 5.75 Å². The van der Waals surface area contributed by atoms with E-state index in [2.05, 4.69) is 0 Å². The number of aldehydes is 1. The standard InChI is InChI=1S/C10H12N2O2/c11-8(6-13)5-12-7-14-10-4-2-1-3-9(10)12/h1-4,6,8H,5,7,11H2/t8-/m0/s1. The van der Waals surface area contributed by atoms with Crippen molar-refractivity contribution in [3.63, 3.8) is 0 Å². The molecule has 0 spiro atoms. The minimum atomic E-state index is -0.454. The molecule has 0 aliphatic carbocycles. The van der Waals surface area contributed by atoms with Crippen LogP contribution in [0.25, 0.3) is 0 Å². The van der Waals surface area contributed by atoms with Gasteiger partial charge in [-0.3, -0.25) is 0 Å². The molecule has 1 aromatic rings. The summed E-state index contributed by atoms with van der Waals surface area (Å²) < 4.78 is 5.41. The van der Waals surface area contributed by atoms with Gasteiger partial charge in [-0.1, -0.05) is 12.1 Å². The van der Waals surface area contributed by atoms with Crippen molar-refractivity contribution in [1.82, 2.24) is 0 Å². The number of nitrogens with two attached hydrogens (primary N) is 1. The molecule has 2 rings (SSSR count). The molecule has 1 aromatic carbocycles. The van der Waals surface area contributed by atoms with Crippen LogP contribution in [-0.2, 0) is 4.79 Å². The summed E-state index contributed by atoms with van der Waals surface area (Å²) in [6.07, 6.45) is 0.751. The first kappa shape index (κ1) is 9.02. The van der Waals surface area contributed by atoms with E-state index in [1.54, 1.807) is 0 Å². The second-order valence-electron chi connectivity index (χ2n) is 3.26. The van der Waals surface area contributed by atoms with E-state index >= 15 is 0 Å². The Bertz CT molecular complexity index is 341. The third-order valence-electron chi connectivity index (χ3n) is 2.19. The Hall–Kier alpha value is -1.55. The number of rotatable bonds is 3. The maximum atomic E-state index is 10.4. The molecule has 0 amide bonds. The summed E-state index contributed by atoms with van der Waals surface area (Å²) in [4.78, 5) is 12.4. The van der Waals surface area contributed by atoms with Gasteiger partial charge in [0.05, 0.1) is 11.7 Å². The molecule has 1 aliphatic heterocycles. The van der Waals surface area contributed by atoms with E-state index in [9.17, 15) is 4.79 Å². The molecule has 1 heterocycles. The molecule has 2 N–H and O–H groups in total. The molecule has 0 saturated heterocycles. The Morgan fingerprint density at radius 2 is 2.36 bits per heavy atom. The van der Waals surface area contributed by atoms with Crippen molar-refractivity contribution < 1.29 is 9.53 Å². The van der Waals surface area contributed by atoms with E-state index in [1.165, 1.54) is 0 Å². The van der Waals surface area contributed by atoms with E-state index < -0.39 is 6.04 Å². The summed E-state index contributed by atoms with van der Waals surface area (Å²) in [5.74, 6) is 0.852. The molecule has 0 fully saturated rings. The molecule has 0 saturated carbocycles. The zero-order chi connectivity index (χ0) is 9.97. The zero-order valence-electron chi connectivity index (χ0n) is 7.72. The third-order valence-corrected chi connectivity index (χ3v) is 2.19. The number of ether oxygens (including phenoxy) is 1. The molecule has 0 bridgehead atoms. The highest BCUT2D eigenvalue weighted by atomic mass is 16.5. The minimum Gasteiger partial charge on any atom is -0.471 e. The lowest BCUT2D eigenvalue weighted by molar-refractivity contribution is -0.108. The Labute approximate surface area is 82.3 Å². The summed E-state index contributed by atoms with van der Waals surface area (Å²) >= 11 is 0. The number of nitrogens with zero attached hydrogens (tertiary/aromatic N) is 1. The lowest BCUT2D eigenvalue weighted by atomic mass is 10.2. The van der Waals surface area contributed by atoms with Gasteiger partial charge in [0.1, 0.15) is 12.0 Å². The fourth-order valence-electron chi connectivity index (χ4n) is 1.51. The molecule has 0 unspecified atom stereocenters. The van der Waals surface area contributed by atoms with Crippen LogP contribution in [0, 0.1) is 0 Å². The normalized spacial score (nSPS) is 15.9. The third kappa shape index (κ3) is 1.56. The molecule has 74 valence electrons. The number of hydrogen-bond donors (Lipinski definition) is 1. The topological polar surface area (TPSA) is 55.6 Å². The Balaban J connectivity index is 2.14. The molecule has 4 heteroatoms. The zero-order valence-corrected chi connectivity index (χ0v) is 7.72. The van der Waals surface area contributed by atoms with Crippen molar-refractivity contribution in [2.24, 2.45) is 5.73 Å². The highest BCUT2D eigenvalue weighted by Gasteiger charge is 2.20. The van der Waals surface area contributed by atoms with Gasteiger partial charge >= 0.3 is 0 Å². The number of benzene rings is 1. The summed E-state index contributed by atoms with van der Waals surface area (Å²) in [5, 5.41) is 0. The van der Waals surface area contributed by atoms with Crippen molar-refractivity contribution >= 4 is 12.0 Å². The first-order valence-corrected chi connectivity index (χ1v) is 4.49. The van der Waals surface area contributed by atoms with Crippen molar-refractivity contribution in [1.29, 1.82) is 0 Å². The minimum absolute atomic E-state index is 0.454. The van der Waals surface area contributed by atoms with Crippen LogP contribution in [0.15, 0.2) is 24.3 Å². The fourth-order valence-corrected chi connectivity index (χ4v) is 1.51. The highest BCUT2D eigenvalue weighted by molar-refractivity contribution is 5.64. The number of anilines is 1. The van der Waals surface area contributed by atoms with Gasteiger partial charge in [0.15, 0.2) is 6.73 Å². The van der Waals surface area contributed by atoms with Gasteiger partial charge < -0.3 is 20.2 Å². The predicted octanol–water partition coefficient (Wildman–Crippen LogP) is 0.369. The average molecular weight is 192 g/mol. The SMILES string of the molecule is N[C@H](C=O)CN1COc2ccccc21. The smallest absolute Gasteiger partial charge is 0.161 e. The first-order chi connectivity index (χ1) is 6.81. The Morgan fingerprint density at radius 3 is 3.14 bits per heavy atom. The summed E-state index contributed by atoms with van der Waals surface area (Å²) in [6, 6.07) is 7.26. The molecular formula is C10H12N2O2.